The number of alkyl halides is 4. The number of benzene rings is 2. The molecule has 0 atom stereocenters. The Balaban J connectivity index is 0.000000286. The molecule has 0 spiro atoms. The van der Waals surface area contributed by atoms with Crippen molar-refractivity contribution in [3.8, 4) is 35.5 Å². The van der Waals surface area contributed by atoms with Crippen LogP contribution in [0.3, 0.4) is 0 Å². The van der Waals surface area contributed by atoms with Crippen LogP contribution < -0.4 is 37.9 Å². The van der Waals surface area contributed by atoms with Crippen molar-refractivity contribution in [1.29, 1.82) is 0 Å². The maximum atomic E-state index is 12.8. The summed E-state index contributed by atoms with van der Waals surface area (Å²) in [5.74, 6) is -8.58. The smallest absolute Gasteiger partial charge is 0.355 e. The first-order chi connectivity index (χ1) is 25.0. The third-order valence-corrected chi connectivity index (χ3v) is 8.21. The summed E-state index contributed by atoms with van der Waals surface area (Å²) in [6, 6.07) is 7.88. The Labute approximate surface area is 299 Å². The monoisotopic (exact) mass is 794 g/mol. The summed E-state index contributed by atoms with van der Waals surface area (Å²) >= 11 is 0. The summed E-state index contributed by atoms with van der Waals surface area (Å²) in [7, 11) is -2.29. The maximum absolute atomic E-state index is 12.8. The number of nitrogens with zero attached hydrogens (tertiary/aromatic N) is 6. The zero-order chi connectivity index (χ0) is 39.5. The molecule has 25 heteroatoms. The lowest BCUT2D eigenvalue weighted by atomic mass is 10.1. The Bertz CT molecular complexity index is 2090. The molecule has 4 aromatic rings. The molecule has 2 N–H and O–H groups in total. The van der Waals surface area contributed by atoms with Gasteiger partial charge in [-0.05, 0) is 23.8 Å². The quantitative estimate of drug-likeness (QED) is 0.122. The van der Waals surface area contributed by atoms with Gasteiger partial charge in [0, 0.05) is 6.42 Å². The van der Waals surface area contributed by atoms with Crippen molar-refractivity contribution < 1.29 is 67.6 Å². The van der Waals surface area contributed by atoms with E-state index < -0.39 is 48.9 Å². The van der Waals surface area contributed by atoms with Crippen LogP contribution in [0.5, 0.6) is 35.5 Å². The molecule has 2 aromatic carbocycles. The van der Waals surface area contributed by atoms with Gasteiger partial charge in [0.05, 0.1) is 53.9 Å². The standard InChI is InChI=1S/C14H14F2N4O6S.C14H16F2N4O5S/c1-24-8-6-4-5-7(9(8)20-27(22,23)12(15)16)10(21)11-17-13(25-2)19-14(18-11)26-3;1-23-9-6-4-5-8(11(9)20-26(21,22)12(15)16)7-10-17-13(24-2)19-14(18-10)25-3/h4-6,12,20H,1-3H3;4-6,12,20H,7H2,1-3H3. The van der Waals surface area contributed by atoms with Gasteiger partial charge in [-0.2, -0.15) is 37.5 Å². The van der Waals surface area contributed by atoms with Gasteiger partial charge in [0.1, 0.15) is 23.0 Å². The number of hydrogen-bond acceptors (Lipinski definition) is 17. The number of hydrogen-bond donors (Lipinski definition) is 2. The van der Waals surface area contributed by atoms with E-state index in [4.69, 9.17) is 28.4 Å². The van der Waals surface area contributed by atoms with E-state index in [0.717, 1.165) is 0 Å². The van der Waals surface area contributed by atoms with Crippen molar-refractivity contribution in [3.05, 3.63) is 59.2 Å². The van der Waals surface area contributed by atoms with Crippen molar-refractivity contribution in [2.75, 3.05) is 52.1 Å². The average Bonchev–Trinajstić information content (AvgIpc) is 3.14. The van der Waals surface area contributed by atoms with Gasteiger partial charge < -0.3 is 28.4 Å². The summed E-state index contributed by atoms with van der Waals surface area (Å²) in [6.07, 6.45) is -0.0203. The van der Waals surface area contributed by atoms with Gasteiger partial charge in [-0.3, -0.25) is 14.2 Å². The van der Waals surface area contributed by atoms with Crippen LogP contribution in [0.2, 0.25) is 0 Å². The minimum atomic E-state index is -5.07. The number of ketones is 1. The van der Waals surface area contributed by atoms with E-state index in [1.54, 1.807) is 10.8 Å². The molecule has 0 amide bonds. The predicted octanol–water partition coefficient (Wildman–Crippen LogP) is 2.55. The molecule has 0 aliphatic carbocycles. The lowest BCUT2D eigenvalue weighted by Gasteiger charge is -2.15. The molecule has 2 aromatic heterocycles. The van der Waals surface area contributed by atoms with Gasteiger partial charge in [0.15, 0.2) is 0 Å². The molecule has 0 aliphatic heterocycles. The highest BCUT2D eigenvalue weighted by atomic mass is 32.2. The highest BCUT2D eigenvalue weighted by Crippen LogP contribution is 2.33. The lowest BCUT2D eigenvalue weighted by molar-refractivity contribution is 0.102. The zero-order valence-electron chi connectivity index (χ0n) is 28.3. The highest BCUT2D eigenvalue weighted by molar-refractivity contribution is 7.93. The first-order valence-corrected chi connectivity index (χ1v) is 17.3. The molecule has 0 aliphatic rings. The van der Waals surface area contributed by atoms with Crippen LogP contribution in [0, 0.1) is 0 Å². The number of ether oxygens (including phenoxy) is 6. The molecule has 2 heterocycles. The molecule has 0 fully saturated rings. The van der Waals surface area contributed by atoms with Crippen LogP contribution in [-0.4, -0.2) is 107 Å². The minimum absolute atomic E-state index is 0.00976. The van der Waals surface area contributed by atoms with Crippen molar-refractivity contribution in [2.24, 2.45) is 0 Å². The van der Waals surface area contributed by atoms with Gasteiger partial charge >= 0.3 is 35.6 Å². The highest BCUT2D eigenvalue weighted by Gasteiger charge is 2.30. The summed E-state index contributed by atoms with van der Waals surface area (Å²) in [5.41, 5.74) is -0.630. The average molecular weight is 795 g/mol. The third-order valence-electron chi connectivity index (χ3n) is 6.30. The SMILES string of the molecule is COc1nc(Cc2cccc(OC)c2NS(=O)(=O)C(F)F)nc(OC)n1.COc1nc(OC)nc(C(=O)c2cccc(OC)c2NS(=O)(=O)C(F)F)n1. The Morgan fingerprint density at radius 3 is 1.45 bits per heavy atom. The Hall–Kier alpha value is -5.85. The number of aromatic nitrogens is 6. The lowest BCUT2D eigenvalue weighted by Crippen LogP contribution is -2.23. The molecule has 53 heavy (non-hydrogen) atoms. The molecule has 0 saturated heterocycles. The van der Waals surface area contributed by atoms with Crippen molar-refractivity contribution in [2.45, 2.75) is 17.9 Å². The van der Waals surface area contributed by atoms with E-state index in [-0.39, 0.29) is 59.0 Å². The second-order valence-electron chi connectivity index (χ2n) is 9.56. The zero-order valence-corrected chi connectivity index (χ0v) is 30.0. The van der Waals surface area contributed by atoms with E-state index in [2.05, 4.69) is 29.9 Å². The van der Waals surface area contributed by atoms with E-state index in [9.17, 15) is 39.2 Å². The number of methoxy groups -OCH3 is 6. The number of rotatable bonds is 16. The second-order valence-corrected chi connectivity index (χ2v) is 12.9. The Kier molecular flexibility index (Phi) is 14.2. The van der Waals surface area contributed by atoms with Gasteiger partial charge in [0.25, 0.3) is 20.0 Å². The first-order valence-electron chi connectivity index (χ1n) is 14.2. The van der Waals surface area contributed by atoms with Crippen molar-refractivity contribution in [1.82, 2.24) is 29.9 Å². The van der Waals surface area contributed by atoms with Crippen LogP contribution in [-0.2, 0) is 26.5 Å². The second kappa shape index (κ2) is 18.1. The molecule has 4 rings (SSSR count). The van der Waals surface area contributed by atoms with Gasteiger partial charge in [-0.15, -0.1) is 9.97 Å². The normalized spacial score (nSPS) is 11.2. The van der Waals surface area contributed by atoms with Crippen LogP contribution in [0.4, 0.5) is 28.9 Å². The number of para-hydroxylation sites is 2. The largest absolute Gasteiger partial charge is 0.495 e. The van der Waals surface area contributed by atoms with E-state index in [1.165, 1.54) is 73.0 Å². The van der Waals surface area contributed by atoms with E-state index >= 15 is 0 Å². The number of sulfonamides is 2. The van der Waals surface area contributed by atoms with E-state index in [1.807, 2.05) is 4.72 Å². The fourth-order valence-electron chi connectivity index (χ4n) is 3.93. The molecule has 19 nitrogen and oxygen atoms in total. The predicted molar refractivity (Wildman–Crippen MR) is 175 cm³/mol. The first kappa shape index (κ1) is 41.6. The summed E-state index contributed by atoms with van der Waals surface area (Å²) in [5, 5.41) is 0. The van der Waals surface area contributed by atoms with Crippen molar-refractivity contribution >= 4 is 37.2 Å². The van der Waals surface area contributed by atoms with Gasteiger partial charge in [-0.1, -0.05) is 18.2 Å². The van der Waals surface area contributed by atoms with E-state index in [0.29, 0.717) is 5.56 Å². The molecule has 0 radical (unpaired) electrons. The van der Waals surface area contributed by atoms with Crippen LogP contribution in [0.15, 0.2) is 36.4 Å². The number of carbonyl (C=O) groups is 1. The van der Waals surface area contributed by atoms with Gasteiger partial charge in [0.2, 0.25) is 11.6 Å². The third kappa shape index (κ3) is 10.6. The Morgan fingerprint density at radius 2 is 1.02 bits per heavy atom. The molecule has 0 saturated carbocycles. The summed E-state index contributed by atoms with van der Waals surface area (Å²) in [6.45, 7) is 0. The number of anilines is 2. The fourth-order valence-corrected chi connectivity index (χ4v) is 5.12. The Morgan fingerprint density at radius 1 is 0.604 bits per heavy atom. The maximum Gasteiger partial charge on any atom is 0.355 e. The van der Waals surface area contributed by atoms with Crippen molar-refractivity contribution in [3.63, 3.8) is 0 Å². The number of nitrogens with one attached hydrogen (secondary N) is 2. The van der Waals surface area contributed by atoms with Crippen LogP contribution in [0.25, 0.3) is 0 Å². The van der Waals surface area contributed by atoms with Gasteiger partial charge in [-0.25, -0.2) is 16.8 Å². The molecule has 288 valence electrons. The number of carbonyl (C=O) groups excluding carboxylic acids is 1. The van der Waals surface area contributed by atoms with Crippen LogP contribution in [0.1, 0.15) is 27.6 Å². The molecular formula is C28H30F4N8O11S2. The van der Waals surface area contributed by atoms with Crippen LogP contribution >= 0.6 is 0 Å². The summed E-state index contributed by atoms with van der Waals surface area (Å²) in [4.78, 5) is 36.0. The molecular weight excluding hydrogens is 764 g/mol. The molecule has 0 unspecified atom stereocenters. The fraction of sp³-hybridized carbons (Fsp3) is 0.321. The topological polar surface area (TPSA) is 242 Å². The number of halogens is 4. The summed E-state index contributed by atoms with van der Waals surface area (Å²) < 4.78 is 130. The molecule has 0 bridgehead atoms. The minimum Gasteiger partial charge on any atom is -0.495 e.